The Morgan fingerprint density at radius 3 is 2.22 bits per heavy atom. The number of benzene rings is 2. The van der Waals surface area contributed by atoms with Crippen LogP contribution in [0.25, 0.3) is 0 Å². The zero-order valence-electron chi connectivity index (χ0n) is 12.1. The van der Waals surface area contributed by atoms with E-state index in [0.29, 0.717) is 0 Å². The molecule has 0 amide bonds. The van der Waals surface area contributed by atoms with E-state index in [1.165, 1.54) is 14.2 Å². The SMILES string of the molecule is COc1cc(F)c(NS(=O)(=O)c2ccc(F)cc2Cl)cc1OC. The zero-order valence-corrected chi connectivity index (χ0v) is 13.6. The Morgan fingerprint density at radius 1 is 1.04 bits per heavy atom. The Morgan fingerprint density at radius 2 is 1.65 bits per heavy atom. The monoisotopic (exact) mass is 363 g/mol. The first-order valence-electron chi connectivity index (χ1n) is 6.18. The van der Waals surface area contributed by atoms with Crippen molar-refractivity contribution in [3.05, 3.63) is 47.0 Å². The highest BCUT2D eigenvalue weighted by Gasteiger charge is 2.21. The lowest BCUT2D eigenvalue weighted by molar-refractivity contribution is 0.353. The van der Waals surface area contributed by atoms with Crippen LogP contribution < -0.4 is 14.2 Å². The molecule has 124 valence electrons. The molecule has 0 aromatic heterocycles. The molecule has 23 heavy (non-hydrogen) atoms. The summed E-state index contributed by atoms with van der Waals surface area (Å²) in [6.07, 6.45) is 0. The minimum Gasteiger partial charge on any atom is -0.493 e. The largest absolute Gasteiger partial charge is 0.493 e. The third-order valence-corrected chi connectivity index (χ3v) is 4.75. The van der Waals surface area contributed by atoms with Gasteiger partial charge < -0.3 is 9.47 Å². The Hall–Kier alpha value is -2.06. The average Bonchev–Trinajstić information content (AvgIpc) is 2.48. The lowest BCUT2D eigenvalue weighted by Crippen LogP contribution is -2.15. The van der Waals surface area contributed by atoms with E-state index < -0.39 is 21.7 Å². The van der Waals surface area contributed by atoms with E-state index >= 15 is 0 Å². The van der Waals surface area contributed by atoms with Gasteiger partial charge in [0.2, 0.25) is 0 Å². The fraction of sp³-hybridized carbons (Fsp3) is 0.143. The summed E-state index contributed by atoms with van der Waals surface area (Å²) >= 11 is 5.73. The molecule has 5 nitrogen and oxygen atoms in total. The molecular formula is C14H12ClF2NO4S. The first kappa shape index (κ1) is 17.3. The quantitative estimate of drug-likeness (QED) is 0.883. The molecule has 0 fully saturated rings. The molecule has 2 rings (SSSR count). The second kappa shape index (κ2) is 6.59. The van der Waals surface area contributed by atoms with Crippen molar-refractivity contribution in [1.82, 2.24) is 0 Å². The second-order valence-electron chi connectivity index (χ2n) is 4.37. The molecule has 9 heteroatoms. The average molecular weight is 364 g/mol. The van der Waals surface area contributed by atoms with Gasteiger partial charge in [-0.2, -0.15) is 0 Å². The summed E-state index contributed by atoms with van der Waals surface area (Å²) in [7, 11) is -1.57. The number of methoxy groups -OCH3 is 2. The van der Waals surface area contributed by atoms with Crippen LogP contribution in [0.2, 0.25) is 5.02 Å². The van der Waals surface area contributed by atoms with Gasteiger partial charge in [0.1, 0.15) is 10.7 Å². The predicted octanol–water partition coefficient (Wildman–Crippen LogP) is 3.44. The molecule has 0 aliphatic heterocycles. The number of hydrogen-bond acceptors (Lipinski definition) is 4. The van der Waals surface area contributed by atoms with E-state index in [1.807, 2.05) is 4.72 Å². The third-order valence-electron chi connectivity index (χ3n) is 2.90. The van der Waals surface area contributed by atoms with E-state index in [-0.39, 0.29) is 27.1 Å². The minimum atomic E-state index is -4.21. The van der Waals surface area contributed by atoms with E-state index in [2.05, 4.69) is 0 Å². The summed E-state index contributed by atoms with van der Waals surface area (Å²) in [6, 6.07) is 4.87. The molecule has 2 aromatic rings. The Labute approximate surface area is 136 Å². The number of rotatable bonds is 5. The van der Waals surface area contributed by atoms with Gasteiger partial charge in [0.15, 0.2) is 17.3 Å². The van der Waals surface area contributed by atoms with Crippen LogP contribution in [-0.4, -0.2) is 22.6 Å². The number of ether oxygens (including phenoxy) is 2. The van der Waals surface area contributed by atoms with Crippen molar-refractivity contribution >= 4 is 27.3 Å². The van der Waals surface area contributed by atoms with Crippen LogP contribution in [0.5, 0.6) is 11.5 Å². The summed E-state index contributed by atoms with van der Waals surface area (Å²) in [5.41, 5.74) is -0.358. The van der Waals surface area contributed by atoms with Crippen molar-refractivity contribution in [2.24, 2.45) is 0 Å². The van der Waals surface area contributed by atoms with Gasteiger partial charge in [-0.1, -0.05) is 11.6 Å². The molecule has 0 atom stereocenters. The fourth-order valence-corrected chi connectivity index (χ4v) is 3.42. The number of hydrogen-bond donors (Lipinski definition) is 1. The van der Waals surface area contributed by atoms with E-state index in [1.54, 1.807) is 0 Å². The van der Waals surface area contributed by atoms with Crippen LogP contribution in [0, 0.1) is 11.6 Å². The van der Waals surface area contributed by atoms with Crippen LogP contribution in [0.15, 0.2) is 35.2 Å². The third kappa shape index (κ3) is 3.65. The smallest absolute Gasteiger partial charge is 0.263 e. The molecule has 0 bridgehead atoms. The summed E-state index contributed by atoms with van der Waals surface area (Å²) in [5, 5.41) is -0.321. The number of sulfonamides is 1. The number of anilines is 1. The molecule has 0 aliphatic carbocycles. The lowest BCUT2D eigenvalue weighted by atomic mass is 10.2. The lowest BCUT2D eigenvalue weighted by Gasteiger charge is -2.13. The fourth-order valence-electron chi connectivity index (χ4n) is 1.83. The second-order valence-corrected chi connectivity index (χ2v) is 6.43. The first-order valence-corrected chi connectivity index (χ1v) is 8.04. The van der Waals surface area contributed by atoms with Crippen molar-refractivity contribution in [1.29, 1.82) is 0 Å². The standard InChI is InChI=1S/C14H12ClF2NO4S/c1-21-12-6-10(17)11(7-13(12)22-2)18-23(19,20)14-4-3-8(16)5-9(14)15/h3-7,18H,1-2H3. The Bertz CT molecular complexity index is 843. The molecule has 0 unspecified atom stereocenters. The van der Waals surface area contributed by atoms with Crippen molar-refractivity contribution in [2.45, 2.75) is 4.90 Å². The Kier molecular flexibility index (Phi) is 4.96. The molecule has 0 heterocycles. The predicted molar refractivity (Wildman–Crippen MR) is 81.7 cm³/mol. The van der Waals surface area contributed by atoms with E-state index in [0.717, 1.165) is 30.3 Å². The van der Waals surface area contributed by atoms with E-state index in [9.17, 15) is 17.2 Å². The number of halogens is 3. The van der Waals surface area contributed by atoms with Crippen LogP contribution >= 0.6 is 11.6 Å². The zero-order chi connectivity index (χ0) is 17.2. The van der Waals surface area contributed by atoms with Crippen molar-refractivity contribution in [3.8, 4) is 11.5 Å². The highest BCUT2D eigenvalue weighted by atomic mass is 35.5. The van der Waals surface area contributed by atoms with Crippen molar-refractivity contribution in [3.63, 3.8) is 0 Å². The van der Waals surface area contributed by atoms with Gasteiger partial charge in [-0.05, 0) is 18.2 Å². The summed E-state index contributed by atoms with van der Waals surface area (Å²) in [5.74, 6) is -1.32. The molecule has 2 aromatic carbocycles. The molecule has 0 spiro atoms. The molecule has 0 aliphatic rings. The number of nitrogens with one attached hydrogen (secondary N) is 1. The maximum atomic E-state index is 14.0. The van der Waals surface area contributed by atoms with E-state index in [4.69, 9.17) is 21.1 Å². The molecule has 1 N–H and O–H groups in total. The normalized spacial score (nSPS) is 11.2. The van der Waals surface area contributed by atoms with Gasteiger partial charge >= 0.3 is 0 Å². The maximum absolute atomic E-state index is 14.0. The van der Waals surface area contributed by atoms with Gasteiger partial charge in [-0.15, -0.1) is 0 Å². The van der Waals surface area contributed by atoms with Gasteiger partial charge in [0, 0.05) is 12.1 Å². The molecule has 0 saturated carbocycles. The van der Waals surface area contributed by atoms with Crippen LogP contribution in [-0.2, 0) is 10.0 Å². The Balaban J connectivity index is 2.45. The summed E-state index contributed by atoms with van der Waals surface area (Å²) < 4.78 is 63.5. The van der Waals surface area contributed by atoms with Crippen LogP contribution in [0.3, 0.4) is 0 Å². The first-order chi connectivity index (χ1) is 10.8. The van der Waals surface area contributed by atoms with Crippen molar-refractivity contribution < 1.29 is 26.7 Å². The summed E-state index contributed by atoms with van der Waals surface area (Å²) in [6.45, 7) is 0. The van der Waals surface area contributed by atoms with Crippen LogP contribution in [0.1, 0.15) is 0 Å². The topological polar surface area (TPSA) is 64.6 Å². The van der Waals surface area contributed by atoms with Gasteiger partial charge in [-0.3, -0.25) is 4.72 Å². The van der Waals surface area contributed by atoms with Crippen LogP contribution in [0.4, 0.5) is 14.5 Å². The highest BCUT2D eigenvalue weighted by molar-refractivity contribution is 7.92. The highest BCUT2D eigenvalue weighted by Crippen LogP contribution is 2.34. The molecule has 0 radical (unpaired) electrons. The minimum absolute atomic E-state index is 0.104. The van der Waals surface area contributed by atoms with Gasteiger partial charge in [0.05, 0.1) is 24.9 Å². The molecule has 0 saturated heterocycles. The maximum Gasteiger partial charge on any atom is 0.263 e. The summed E-state index contributed by atoms with van der Waals surface area (Å²) in [4.78, 5) is -0.380. The molecular weight excluding hydrogens is 352 g/mol. The van der Waals surface area contributed by atoms with Gasteiger partial charge in [-0.25, -0.2) is 17.2 Å². The van der Waals surface area contributed by atoms with Crippen molar-refractivity contribution in [2.75, 3.05) is 18.9 Å². The van der Waals surface area contributed by atoms with Gasteiger partial charge in [0.25, 0.3) is 10.0 Å².